The molecule has 1 aliphatic rings. The van der Waals surface area contributed by atoms with Crippen LogP contribution in [0.3, 0.4) is 0 Å². The molecule has 0 fully saturated rings. The molecule has 8 nitrogen and oxygen atoms in total. The summed E-state index contributed by atoms with van der Waals surface area (Å²) in [6, 6.07) is 17.7. The van der Waals surface area contributed by atoms with Gasteiger partial charge in [-0.2, -0.15) is 0 Å². The van der Waals surface area contributed by atoms with Crippen molar-refractivity contribution < 1.29 is 23.7 Å². The van der Waals surface area contributed by atoms with Crippen LogP contribution < -0.4 is 29.1 Å². The van der Waals surface area contributed by atoms with Crippen molar-refractivity contribution in [3.8, 4) is 17.2 Å². The predicted octanol–water partition coefficient (Wildman–Crippen LogP) is 6.59. The van der Waals surface area contributed by atoms with E-state index in [0.29, 0.717) is 55.0 Å². The molecule has 2 heterocycles. The van der Waals surface area contributed by atoms with Gasteiger partial charge in [-0.1, -0.05) is 47.2 Å². The quantitative estimate of drug-likeness (QED) is 0.173. The lowest BCUT2D eigenvalue weighted by atomic mass is 9.95. The highest BCUT2D eigenvalue weighted by atomic mass is 79.9. The number of hydrogen-bond donors (Lipinski definition) is 0. The molecular formula is C34H32BrClN2O6S. The van der Waals surface area contributed by atoms with E-state index in [-0.39, 0.29) is 18.3 Å². The molecule has 0 unspecified atom stereocenters. The van der Waals surface area contributed by atoms with Crippen molar-refractivity contribution in [3.05, 3.63) is 118 Å². The lowest BCUT2D eigenvalue weighted by molar-refractivity contribution is -0.139. The Morgan fingerprint density at radius 1 is 1.11 bits per heavy atom. The normalized spacial score (nSPS) is 14.7. The molecule has 3 aromatic carbocycles. The number of rotatable bonds is 10. The number of allylic oxidation sites excluding steroid dienone is 1. The second kappa shape index (κ2) is 14.1. The molecule has 0 bridgehead atoms. The summed E-state index contributed by atoms with van der Waals surface area (Å²) in [5.41, 5.74) is 2.90. The van der Waals surface area contributed by atoms with Gasteiger partial charge in [0.05, 0.1) is 46.1 Å². The van der Waals surface area contributed by atoms with Gasteiger partial charge in [0.15, 0.2) is 16.3 Å². The summed E-state index contributed by atoms with van der Waals surface area (Å²) in [6.07, 6.45) is 1.74. The number of methoxy groups -OCH3 is 1. The van der Waals surface area contributed by atoms with Gasteiger partial charge in [0.25, 0.3) is 5.56 Å². The summed E-state index contributed by atoms with van der Waals surface area (Å²) in [6.45, 7) is 7.89. The lowest BCUT2D eigenvalue weighted by Crippen LogP contribution is -2.40. The maximum atomic E-state index is 14.0. The first kappa shape index (κ1) is 32.5. The van der Waals surface area contributed by atoms with Crippen molar-refractivity contribution in [3.63, 3.8) is 0 Å². The van der Waals surface area contributed by atoms with Crippen molar-refractivity contribution >= 4 is 50.9 Å². The minimum absolute atomic E-state index is 0.0664. The van der Waals surface area contributed by atoms with Crippen LogP contribution in [0.1, 0.15) is 50.4 Å². The van der Waals surface area contributed by atoms with E-state index < -0.39 is 12.0 Å². The Labute approximate surface area is 278 Å². The molecule has 0 saturated carbocycles. The maximum Gasteiger partial charge on any atom is 0.338 e. The number of fused-ring (bicyclic) bond motifs is 1. The fourth-order valence-corrected chi connectivity index (χ4v) is 6.75. The molecule has 0 aliphatic carbocycles. The summed E-state index contributed by atoms with van der Waals surface area (Å²) in [4.78, 5) is 32.5. The van der Waals surface area contributed by atoms with Crippen LogP contribution in [-0.2, 0) is 16.1 Å². The molecule has 5 rings (SSSR count). The molecule has 0 amide bonds. The van der Waals surface area contributed by atoms with Crippen LogP contribution in [-0.4, -0.2) is 30.4 Å². The molecule has 234 valence electrons. The lowest BCUT2D eigenvalue weighted by Gasteiger charge is -2.25. The monoisotopic (exact) mass is 710 g/mol. The van der Waals surface area contributed by atoms with E-state index in [1.807, 2.05) is 62.4 Å². The number of halogens is 2. The zero-order valence-electron chi connectivity index (χ0n) is 25.4. The van der Waals surface area contributed by atoms with Crippen LogP contribution in [0.5, 0.6) is 17.2 Å². The standard InChI is InChI=1S/C34H32BrClN2O6S/c1-6-42-33(40)30-20(4)37-34-38(31(30)23-11-13-27(44-19(2)3)28(17-23)41-5)32(39)29(45-34)16-21-10-12-26(25(35)15-21)43-18-22-8-7-9-24(36)14-22/h7-17,19,31H,6,18H2,1-5H3/b29-16+/t31-/m1/s1. The molecule has 1 aliphatic heterocycles. The van der Waals surface area contributed by atoms with E-state index in [2.05, 4.69) is 20.9 Å². The zero-order chi connectivity index (χ0) is 32.2. The summed E-state index contributed by atoms with van der Waals surface area (Å²) in [7, 11) is 1.55. The number of esters is 1. The minimum atomic E-state index is -0.779. The third-order valence-corrected chi connectivity index (χ3v) is 8.76. The number of hydrogen-bond acceptors (Lipinski definition) is 8. The molecule has 0 N–H and O–H groups in total. The van der Waals surface area contributed by atoms with E-state index >= 15 is 0 Å². The number of benzene rings is 3. The van der Waals surface area contributed by atoms with Gasteiger partial charge >= 0.3 is 5.97 Å². The van der Waals surface area contributed by atoms with E-state index in [4.69, 9.17) is 30.5 Å². The Hall–Kier alpha value is -3.86. The predicted molar refractivity (Wildman–Crippen MR) is 179 cm³/mol. The maximum absolute atomic E-state index is 14.0. The summed E-state index contributed by atoms with van der Waals surface area (Å²) >= 11 is 10.9. The first-order valence-corrected chi connectivity index (χ1v) is 16.3. The van der Waals surface area contributed by atoms with Crippen molar-refractivity contribution in [2.75, 3.05) is 13.7 Å². The molecule has 1 aromatic heterocycles. The van der Waals surface area contributed by atoms with E-state index in [1.54, 1.807) is 43.7 Å². The van der Waals surface area contributed by atoms with Gasteiger partial charge < -0.3 is 18.9 Å². The van der Waals surface area contributed by atoms with E-state index in [9.17, 15) is 9.59 Å². The summed E-state index contributed by atoms with van der Waals surface area (Å²) in [5.74, 6) is 1.18. The first-order chi connectivity index (χ1) is 21.6. The number of carbonyl (C=O) groups is 1. The Kier molecular flexibility index (Phi) is 10.2. The van der Waals surface area contributed by atoms with E-state index in [1.165, 1.54) is 11.3 Å². The SMILES string of the molecule is CCOC(=O)C1=C(C)N=c2s/c(=C/c3ccc(OCc4cccc(Cl)c4)c(Br)c3)c(=O)n2[C@@H]1c1ccc(OC(C)C)c(OC)c1. The number of aromatic nitrogens is 1. The third-order valence-electron chi connectivity index (χ3n) is 6.92. The van der Waals surface area contributed by atoms with Gasteiger partial charge in [-0.15, -0.1) is 0 Å². The van der Waals surface area contributed by atoms with Gasteiger partial charge in [0.2, 0.25) is 0 Å². The highest BCUT2D eigenvalue weighted by molar-refractivity contribution is 9.10. The van der Waals surface area contributed by atoms with Crippen LogP contribution in [0.25, 0.3) is 6.08 Å². The van der Waals surface area contributed by atoms with Crippen LogP contribution >= 0.6 is 38.9 Å². The van der Waals surface area contributed by atoms with Gasteiger partial charge in [0, 0.05) is 5.02 Å². The molecule has 4 aromatic rings. The minimum Gasteiger partial charge on any atom is -0.493 e. The highest BCUT2D eigenvalue weighted by Gasteiger charge is 2.34. The summed E-state index contributed by atoms with van der Waals surface area (Å²) < 4.78 is 25.7. The fraction of sp³-hybridized carbons (Fsp3) is 0.265. The van der Waals surface area contributed by atoms with Gasteiger partial charge in [0.1, 0.15) is 12.4 Å². The highest BCUT2D eigenvalue weighted by Crippen LogP contribution is 2.36. The Bertz CT molecular complexity index is 1970. The fourth-order valence-electron chi connectivity index (χ4n) is 4.98. The molecule has 0 radical (unpaired) electrons. The Morgan fingerprint density at radius 3 is 2.58 bits per heavy atom. The van der Waals surface area contributed by atoms with Crippen LogP contribution in [0.15, 0.2) is 86.2 Å². The Morgan fingerprint density at radius 2 is 1.89 bits per heavy atom. The van der Waals surface area contributed by atoms with Crippen molar-refractivity contribution in [1.29, 1.82) is 0 Å². The Balaban J connectivity index is 1.55. The molecule has 45 heavy (non-hydrogen) atoms. The average Bonchev–Trinajstić information content (AvgIpc) is 3.29. The van der Waals surface area contributed by atoms with Crippen molar-refractivity contribution in [1.82, 2.24) is 4.57 Å². The topological polar surface area (TPSA) is 88.4 Å². The molecular weight excluding hydrogens is 680 g/mol. The second-order valence-corrected chi connectivity index (χ2v) is 12.8. The van der Waals surface area contributed by atoms with Gasteiger partial charge in [-0.05, 0) is 103 Å². The van der Waals surface area contributed by atoms with Gasteiger partial charge in [-0.25, -0.2) is 9.79 Å². The first-order valence-electron chi connectivity index (χ1n) is 14.3. The second-order valence-electron chi connectivity index (χ2n) is 10.5. The number of carbonyl (C=O) groups excluding carboxylic acids is 1. The van der Waals surface area contributed by atoms with Crippen LogP contribution in [0, 0.1) is 0 Å². The van der Waals surface area contributed by atoms with Gasteiger partial charge in [-0.3, -0.25) is 9.36 Å². The van der Waals surface area contributed by atoms with Crippen molar-refractivity contribution in [2.45, 2.75) is 46.4 Å². The van der Waals surface area contributed by atoms with E-state index in [0.717, 1.165) is 15.6 Å². The number of ether oxygens (including phenoxy) is 4. The number of nitrogens with zero attached hydrogens (tertiary/aromatic N) is 2. The zero-order valence-corrected chi connectivity index (χ0v) is 28.6. The number of thiazole rings is 1. The average molecular weight is 712 g/mol. The molecule has 11 heteroatoms. The third kappa shape index (κ3) is 7.19. The van der Waals surface area contributed by atoms with Crippen LogP contribution in [0.4, 0.5) is 0 Å². The molecule has 0 spiro atoms. The summed E-state index contributed by atoms with van der Waals surface area (Å²) in [5, 5.41) is 0.648. The molecule has 1 atom stereocenters. The van der Waals surface area contributed by atoms with Crippen LogP contribution in [0.2, 0.25) is 5.02 Å². The van der Waals surface area contributed by atoms with Crippen molar-refractivity contribution in [2.24, 2.45) is 4.99 Å². The molecule has 0 saturated heterocycles. The smallest absolute Gasteiger partial charge is 0.338 e. The largest absolute Gasteiger partial charge is 0.493 e.